The van der Waals surface area contributed by atoms with E-state index in [9.17, 15) is 4.79 Å². The zero-order chi connectivity index (χ0) is 13.6. The third-order valence-electron chi connectivity index (χ3n) is 3.19. The number of nitrogens with one attached hydrogen (secondary N) is 1. The van der Waals surface area contributed by atoms with Crippen LogP contribution in [-0.2, 0) is 0 Å². The molecule has 0 fully saturated rings. The second-order valence-corrected chi connectivity index (χ2v) is 4.83. The van der Waals surface area contributed by atoms with Gasteiger partial charge in [0.2, 0.25) is 0 Å². The number of halogens is 1. The molecule has 0 saturated carbocycles. The van der Waals surface area contributed by atoms with Gasteiger partial charge in [0, 0.05) is 5.56 Å². The number of aromatic amines is 1. The van der Waals surface area contributed by atoms with Crippen LogP contribution in [0.5, 0.6) is 0 Å². The Bertz CT molecular complexity index is 818. The standard InChI is InChI=1S/C14H12ClN3O/c1-8-12(10-6-4-3-5-7-10)17-18-13(8)16-9(2)11(15)14(18)19/h3-7,17H,1-2H3. The Balaban J connectivity index is 2.39. The second kappa shape index (κ2) is 4.24. The number of fused-ring (bicyclic) bond motifs is 1. The van der Waals surface area contributed by atoms with Gasteiger partial charge < -0.3 is 0 Å². The lowest BCUT2D eigenvalue weighted by Gasteiger charge is -1.97. The van der Waals surface area contributed by atoms with Gasteiger partial charge in [-0.25, -0.2) is 4.98 Å². The average molecular weight is 274 g/mol. The number of hydrogen-bond donors (Lipinski definition) is 1. The van der Waals surface area contributed by atoms with Crippen molar-refractivity contribution in [2.45, 2.75) is 13.8 Å². The Kier molecular flexibility index (Phi) is 2.68. The van der Waals surface area contributed by atoms with E-state index in [1.807, 2.05) is 37.3 Å². The molecule has 0 amide bonds. The summed E-state index contributed by atoms with van der Waals surface area (Å²) in [6.45, 7) is 3.67. The van der Waals surface area contributed by atoms with Gasteiger partial charge >= 0.3 is 0 Å². The van der Waals surface area contributed by atoms with Gasteiger partial charge in [0.05, 0.1) is 11.4 Å². The molecular formula is C14H12ClN3O. The molecule has 0 saturated heterocycles. The van der Waals surface area contributed by atoms with E-state index in [2.05, 4.69) is 10.1 Å². The molecule has 96 valence electrons. The smallest absolute Gasteiger partial charge is 0.289 e. The van der Waals surface area contributed by atoms with Crippen LogP contribution in [-0.4, -0.2) is 14.6 Å². The van der Waals surface area contributed by atoms with Crippen molar-refractivity contribution < 1.29 is 0 Å². The maximum absolute atomic E-state index is 12.1. The van der Waals surface area contributed by atoms with E-state index in [1.165, 1.54) is 4.52 Å². The quantitative estimate of drug-likeness (QED) is 0.741. The summed E-state index contributed by atoms with van der Waals surface area (Å²) in [5.41, 5.74) is 3.72. The van der Waals surface area contributed by atoms with Crippen molar-refractivity contribution in [1.82, 2.24) is 14.6 Å². The summed E-state index contributed by atoms with van der Waals surface area (Å²) < 4.78 is 1.40. The molecule has 1 N–H and O–H groups in total. The Morgan fingerprint density at radius 3 is 2.58 bits per heavy atom. The molecule has 1 aromatic carbocycles. The fraction of sp³-hybridized carbons (Fsp3) is 0.143. The minimum atomic E-state index is -0.269. The van der Waals surface area contributed by atoms with Crippen LogP contribution < -0.4 is 5.56 Å². The van der Waals surface area contributed by atoms with E-state index in [0.29, 0.717) is 11.3 Å². The maximum Gasteiger partial charge on any atom is 0.291 e. The highest BCUT2D eigenvalue weighted by molar-refractivity contribution is 6.31. The molecule has 0 atom stereocenters. The summed E-state index contributed by atoms with van der Waals surface area (Å²) in [6.07, 6.45) is 0. The number of nitrogens with zero attached hydrogens (tertiary/aromatic N) is 2. The molecule has 0 unspecified atom stereocenters. The van der Waals surface area contributed by atoms with Gasteiger partial charge in [0.15, 0.2) is 5.65 Å². The Morgan fingerprint density at radius 2 is 1.89 bits per heavy atom. The molecule has 0 spiro atoms. The first-order valence-electron chi connectivity index (χ1n) is 5.92. The second-order valence-electron chi connectivity index (χ2n) is 4.45. The Labute approximate surface area is 114 Å². The number of H-pyrrole nitrogens is 1. The summed E-state index contributed by atoms with van der Waals surface area (Å²) in [5, 5.41) is 3.22. The number of aryl methyl sites for hydroxylation is 2. The molecule has 19 heavy (non-hydrogen) atoms. The molecule has 0 radical (unpaired) electrons. The van der Waals surface area contributed by atoms with Crippen LogP contribution in [0.25, 0.3) is 16.9 Å². The van der Waals surface area contributed by atoms with Gasteiger partial charge in [-0.15, -0.1) is 0 Å². The highest BCUT2D eigenvalue weighted by Gasteiger charge is 2.15. The summed E-state index contributed by atoms with van der Waals surface area (Å²) in [4.78, 5) is 16.5. The number of benzene rings is 1. The van der Waals surface area contributed by atoms with Gasteiger partial charge in [0.25, 0.3) is 5.56 Å². The number of hydrogen-bond acceptors (Lipinski definition) is 2. The van der Waals surface area contributed by atoms with Gasteiger partial charge in [-0.1, -0.05) is 41.9 Å². The third-order valence-corrected chi connectivity index (χ3v) is 3.63. The van der Waals surface area contributed by atoms with Gasteiger partial charge in [-0.3, -0.25) is 9.89 Å². The van der Waals surface area contributed by atoms with Crippen LogP contribution in [0.1, 0.15) is 11.3 Å². The maximum atomic E-state index is 12.1. The minimum absolute atomic E-state index is 0.151. The van der Waals surface area contributed by atoms with Gasteiger partial charge in [0.1, 0.15) is 5.02 Å². The molecule has 2 heterocycles. The predicted molar refractivity (Wildman–Crippen MR) is 75.7 cm³/mol. The summed E-state index contributed by atoms with van der Waals surface area (Å²) in [6, 6.07) is 9.82. The van der Waals surface area contributed by atoms with Crippen LogP contribution in [0.15, 0.2) is 35.1 Å². The average Bonchev–Trinajstić information content (AvgIpc) is 2.75. The van der Waals surface area contributed by atoms with E-state index in [1.54, 1.807) is 6.92 Å². The number of rotatable bonds is 1. The third kappa shape index (κ3) is 1.76. The van der Waals surface area contributed by atoms with Crippen molar-refractivity contribution in [2.75, 3.05) is 0 Å². The molecule has 5 heteroatoms. The zero-order valence-corrected chi connectivity index (χ0v) is 11.3. The largest absolute Gasteiger partial charge is 0.291 e. The monoisotopic (exact) mass is 273 g/mol. The molecule has 4 nitrogen and oxygen atoms in total. The van der Waals surface area contributed by atoms with Gasteiger partial charge in [-0.05, 0) is 19.4 Å². The minimum Gasteiger partial charge on any atom is -0.289 e. The normalized spacial score (nSPS) is 11.1. The van der Waals surface area contributed by atoms with Crippen molar-refractivity contribution in [3.8, 4) is 11.3 Å². The molecule has 0 aliphatic rings. The highest BCUT2D eigenvalue weighted by Crippen LogP contribution is 2.24. The lowest BCUT2D eigenvalue weighted by molar-refractivity contribution is 0.893. The molecule has 2 aromatic heterocycles. The van der Waals surface area contributed by atoms with Crippen LogP contribution in [0.2, 0.25) is 5.02 Å². The van der Waals surface area contributed by atoms with Crippen molar-refractivity contribution in [1.29, 1.82) is 0 Å². The lowest BCUT2D eigenvalue weighted by Crippen LogP contribution is -2.17. The van der Waals surface area contributed by atoms with Gasteiger partial charge in [-0.2, -0.15) is 4.52 Å². The van der Waals surface area contributed by atoms with E-state index in [4.69, 9.17) is 11.6 Å². The zero-order valence-electron chi connectivity index (χ0n) is 10.6. The SMILES string of the molecule is Cc1nc2c(C)c(-c3ccccc3)[nH]n2c(=O)c1Cl. The van der Waals surface area contributed by atoms with Crippen LogP contribution in [0, 0.1) is 13.8 Å². The summed E-state index contributed by atoms with van der Waals surface area (Å²) >= 11 is 5.95. The predicted octanol–water partition coefficient (Wildman–Crippen LogP) is 2.96. The van der Waals surface area contributed by atoms with Crippen molar-refractivity contribution in [3.63, 3.8) is 0 Å². The molecule has 0 aliphatic heterocycles. The molecule has 0 bridgehead atoms. The van der Waals surface area contributed by atoms with Crippen molar-refractivity contribution in [3.05, 3.63) is 57.0 Å². The fourth-order valence-electron chi connectivity index (χ4n) is 2.16. The van der Waals surface area contributed by atoms with Crippen LogP contribution >= 0.6 is 11.6 Å². The number of aromatic nitrogens is 3. The molecule has 3 aromatic rings. The van der Waals surface area contributed by atoms with E-state index in [0.717, 1.165) is 16.8 Å². The van der Waals surface area contributed by atoms with Crippen molar-refractivity contribution in [2.24, 2.45) is 0 Å². The van der Waals surface area contributed by atoms with Crippen molar-refractivity contribution >= 4 is 17.2 Å². The van der Waals surface area contributed by atoms with E-state index < -0.39 is 0 Å². The lowest BCUT2D eigenvalue weighted by atomic mass is 10.1. The van der Waals surface area contributed by atoms with E-state index >= 15 is 0 Å². The topological polar surface area (TPSA) is 50.2 Å². The molecular weight excluding hydrogens is 262 g/mol. The first-order chi connectivity index (χ1) is 9.09. The van der Waals surface area contributed by atoms with Crippen LogP contribution in [0.4, 0.5) is 0 Å². The summed E-state index contributed by atoms with van der Waals surface area (Å²) in [7, 11) is 0. The Morgan fingerprint density at radius 1 is 1.21 bits per heavy atom. The highest BCUT2D eigenvalue weighted by atomic mass is 35.5. The first-order valence-corrected chi connectivity index (χ1v) is 6.30. The van der Waals surface area contributed by atoms with E-state index in [-0.39, 0.29) is 10.6 Å². The molecule has 3 rings (SSSR count). The first kappa shape index (κ1) is 12.0. The Hall–Kier alpha value is -2.07. The molecule has 0 aliphatic carbocycles. The fourth-order valence-corrected chi connectivity index (χ4v) is 2.28. The van der Waals surface area contributed by atoms with Crippen LogP contribution in [0.3, 0.4) is 0 Å². The summed E-state index contributed by atoms with van der Waals surface area (Å²) in [5.74, 6) is 0.